The molecule has 0 aliphatic carbocycles. The highest BCUT2D eigenvalue weighted by molar-refractivity contribution is 4.78. The Morgan fingerprint density at radius 3 is 2.31 bits per heavy atom. The summed E-state index contributed by atoms with van der Waals surface area (Å²) in [6.07, 6.45) is 2.79. The molecular formula is C11H25NO. The van der Waals surface area contributed by atoms with Crippen molar-refractivity contribution in [2.24, 2.45) is 5.92 Å². The monoisotopic (exact) mass is 187 g/mol. The second kappa shape index (κ2) is 6.39. The molecule has 1 atom stereocenters. The largest absolute Gasteiger partial charge is 0.389 e. The lowest BCUT2D eigenvalue weighted by Crippen LogP contribution is -2.41. The van der Waals surface area contributed by atoms with Crippen molar-refractivity contribution < 1.29 is 5.11 Å². The molecule has 0 aliphatic heterocycles. The Hall–Kier alpha value is -0.0800. The lowest BCUT2D eigenvalue weighted by molar-refractivity contribution is 0.0267. The molecule has 0 aromatic rings. The molecule has 80 valence electrons. The van der Waals surface area contributed by atoms with Gasteiger partial charge in [0.15, 0.2) is 0 Å². The van der Waals surface area contributed by atoms with E-state index in [0.29, 0.717) is 5.92 Å². The molecule has 0 rings (SSSR count). The van der Waals surface area contributed by atoms with Gasteiger partial charge >= 0.3 is 0 Å². The van der Waals surface area contributed by atoms with E-state index in [2.05, 4.69) is 26.1 Å². The molecule has 0 fully saturated rings. The molecule has 2 heteroatoms. The van der Waals surface area contributed by atoms with E-state index in [1.807, 2.05) is 6.92 Å². The van der Waals surface area contributed by atoms with Gasteiger partial charge in [-0.25, -0.2) is 0 Å². The third kappa shape index (κ3) is 6.05. The highest BCUT2D eigenvalue weighted by atomic mass is 16.3. The van der Waals surface area contributed by atoms with Crippen LogP contribution in [0.1, 0.15) is 47.0 Å². The molecule has 0 saturated carbocycles. The predicted molar refractivity (Wildman–Crippen MR) is 57.9 cm³/mol. The van der Waals surface area contributed by atoms with Gasteiger partial charge in [-0.1, -0.05) is 34.1 Å². The molecule has 1 unspecified atom stereocenters. The maximum absolute atomic E-state index is 10.1. The zero-order valence-electron chi connectivity index (χ0n) is 9.56. The average molecular weight is 187 g/mol. The van der Waals surface area contributed by atoms with Gasteiger partial charge in [-0.05, 0) is 25.3 Å². The van der Waals surface area contributed by atoms with Crippen LogP contribution in [-0.2, 0) is 0 Å². The van der Waals surface area contributed by atoms with E-state index >= 15 is 0 Å². The summed E-state index contributed by atoms with van der Waals surface area (Å²) in [5, 5.41) is 13.4. The molecule has 0 aliphatic rings. The lowest BCUT2D eigenvalue weighted by atomic mass is 9.95. The minimum absolute atomic E-state index is 0.482. The van der Waals surface area contributed by atoms with Crippen LogP contribution in [0.4, 0.5) is 0 Å². The standard InChI is InChI=1S/C11H25NO/c1-5-7-11(13,6-2)9-12-8-10(3)4/h10,12-13H,5-9H2,1-4H3. The number of hydrogen-bond donors (Lipinski definition) is 2. The van der Waals surface area contributed by atoms with Crippen molar-refractivity contribution in [2.45, 2.75) is 52.6 Å². The van der Waals surface area contributed by atoms with Crippen LogP contribution in [0.2, 0.25) is 0 Å². The van der Waals surface area contributed by atoms with Gasteiger partial charge in [-0.3, -0.25) is 0 Å². The van der Waals surface area contributed by atoms with E-state index in [9.17, 15) is 5.11 Å². The topological polar surface area (TPSA) is 32.3 Å². The smallest absolute Gasteiger partial charge is 0.0768 e. The Balaban J connectivity index is 3.69. The summed E-state index contributed by atoms with van der Waals surface area (Å²) in [6.45, 7) is 10.2. The molecule has 0 aromatic heterocycles. The number of aliphatic hydroxyl groups is 1. The number of hydrogen-bond acceptors (Lipinski definition) is 2. The van der Waals surface area contributed by atoms with E-state index in [4.69, 9.17) is 0 Å². The van der Waals surface area contributed by atoms with Crippen LogP contribution >= 0.6 is 0 Å². The Labute approximate surface area is 82.7 Å². The molecule has 0 heterocycles. The zero-order chi connectivity index (χ0) is 10.3. The lowest BCUT2D eigenvalue weighted by Gasteiger charge is -2.27. The molecule has 2 nitrogen and oxygen atoms in total. The Bertz CT molecular complexity index is 125. The highest BCUT2D eigenvalue weighted by Crippen LogP contribution is 2.15. The van der Waals surface area contributed by atoms with Gasteiger partial charge in [-0.15, -0.1) is 0 Å². The van der Waals surface area contributed by atoms with Crippen LogP contribution < -0.4 is 5.32 Å². The van der Waals surface area contributed by atoms with Gasteiger partial charge in [-0.2, -0.15) is 0 Å². The fraction of sp³-hybridized carbons (Fsp3) is 1.00. The summed E-state index contributed by atoms with van der Waals surface area (Å²) in [5.41, 5.74) is -0.482. The second-order valence-corrected chi connectivity index (χ2v) is 4.35. The molecule has 0 saturated heterocycles. The minimum Gasteiger partial charge on any atom is -0.389 e. The van der Waals surface area contributed by atoms with E-state index in [-0.39, 0.29) is 0 Å². The Kier molecular flexibility index (Phi) is 6.35. The SMILES string of the molecule is CCCC(O)(CC)CNCC(C)C. The summed E-state index contributed by atoms with van der Waals surface area (Å²) in [4.78, 5) is 0. The maximum Gasteiger partial charge on any atom is 0.0768 e. The first kappa shape index (κ1) is 12.9. The maximum atomic E-state index is 10.1. The van der Waals surface area contributed by atoms with Crippen molar-refractivity contribution in [1.82, 2.24) is 5.32 Å². The first-order valence-electron chi connectivity index (χ1n) is 5.47. The normalized spacial score (nSPS) is 16.2. The van der Waals surface area contributed by atoms with E-state index in [1.165, 1.54) is 0 Å². The van der Waals surface area contributed by atoms with Crippen LogP contribution in [0.15, 0.2) is 0 Å². The molecule has 0 radical (unpaired) electrons. The average Bonchev–Trinajstić information content (AvgIpc) is 2.04. The Morgan fingerprint density at radius 2 is 1.92 bits per heavy atom. The Morgan fingerprint density at radius 1 is 1.31 bits per heavy atom. The fourth-order valence-corrected chi connectivity index (χ4v) is 1.45. The number of rotatable bonds is 7. The predicted octanol–water partition coefficient (Wildman–Crippen LogP) is 2.17. The van der Waals surface area contributed by atoms with Crippen LogP contribution in [0, 0.1) is 5.92 Å². The van der Waals surface area contributed by atoms with Crippen molar-refractivity contribution in [3.8, 4) is 0 Å². The van der Waals surface area contributed by atoms with Crippen molar-refractivity contribution >= 4 is 0 Å². The van der Waals surface area contributed by atoms with Crippen LogP contribution in [-0.4, -0.2) is 23.8 Å². The summed E-state index contributed by atoms with van der Waals surface area (Å²) in [5.74, 6) is 0.655. The summed E-state index contributed by atoms with van der Waals surface area (Å²) in [6, 6.07) is 0. The molecule has 13 heavy (non-hydrogen) atoms. The molecule has 0 amide bonds. The van der Waals surface area contributed by atoms with E-state index in [1.54, 1.807) is 0 Å². The third-order valence-corrected chi connectivity index (χ3v) is 2.38. The van der Waals surface area contributed by atoms with Gasteiger partial charge in [0.2, 0.25) is 0 Å². The van der Waals surface area contributed by atoms with E-state index in [0.717, 1.165) is 32.4 Å². The molecule has 0 aromatic carbocycles. The number of nitrogens with one attached hydrogen (secondary N) is 1. The quantitative estimate of drug-likeness (QED) is 0.640. The van der Waals surface area contributed by atoms with Gasteiger partial charge in [0.1, 0.15) is 0 Å². The zero-order valence-corrected chi connectivity index (χ0v) is 9.56. The van der Waals surface area contributed by atoms with Crippen LogP contribution in [0.5, 0.6) is 0 Å². The first-order chi connectivity index (χ1) is 6.04. The molecule has 2 N–H and O–H groups in total. The first-order valence-corrected chi connectivity index (χ1v) is 5.47. The van der Waals surface area contributed by atoms with Gasteiger partial charge in [0, 0.05) is 6.54 Å². The van der Waals surface area contributed by atoms with Crippen LogP contribution in [0.3, 0.4) is 0 Å². The van der Waals surface area contributed by atoms with Crippen molar-refractivity contribution in [3.05, 3.63) is 0 Å². The highest BCUT2D eigenvalue weighted by Gasteiger charge is 2.22. The van der Waals surface area contributed by atoms with Crippen molar-refractivity contribution in [1.29, 1.82) is 0 Å². The second-order valence-electron chi connectivity index (χ2n) is 4.35. The molecular weight excluding hydrogens is 162 g/mol. The van der Waals surface area contributed by atoms with E-state index < -0.39 is 5.60 Å². The summed E-state index contributed by atoms with van der Waals surface area (Å²) < 4.78 is 0. The van der Waals surface area contributed by atoms with Crippen LogP contribution in [0.25, 0.3) is 0 Å². The van der Waals surface area contributed by atoms with Crippen molar-refractivity contribution in [3.63, 3.8) is 0 Å². The summed E-state index contributed by atoms with van der Waals surface area (Å²) >= 11 is 0. The van der Waals surface area contributed by atoms with Gasteiger partial charge in [0.05, 0.1) is 5.60 Å². The molecule has 0 bridgehead atoms. The molecule has 0 spiro atoms. The third-order valence-electron chi connectivity index (χ3n) is 2.38. The minimum atomic E-state index is -0.482. The van der Waals surface area contributed by atoms with Gasteiger partial charge < -0.3 is 10.4 Å². The van der Waals surface area contributed by atoms with Gasteiger partial charge in [0.25, 0.3) is 0 Å². The fourth-order valence-electron chi connectivity index (χ4n) is 1.45. The van der Waals surface area contributed by atoms with Crippen molar-refractivity contribution in [2.75, 3.05) is 13.1 Å². The summed E-state index contributed by atoms with van der Waals surface area (Å²) in [7, 11) is 0.